The van der Waals surface area contributed by atoms with Crippen molar-refractivity contribution in [2.24, 2.45) is 4.99 Å². The zero-order valence-electron chi connectivity index (χ0n) is 16.0. The molecule has 3 aromatic carbocycles. The van der Waals surface area contributed by atoms with Gasteiger partial charge in [0.05, 0.1) is 11.4 Å². The van der Waals surface area contributed by atoms with Gasteiger partial charge in [-0.1, -0.05) is 41.9 Å². The number of aliphatic imine (C=N–C) groups is 1. The summed E-state index contributed by atoms with van der Waals surface area (Å²) in [5.74, 6) is 0.140. The normalized spacial score (nSPS) is 16.2. The molecule has 1 amide bonds. The van der Waals surface area contributed by atoms with Crippen LogP contribution in [0.3, 0.4) is 0 Å². The van der Waals surface area contributed by atoms with Gasteiger partial charge >= 0.3 is 0 Å². The number of benzodiazepines with no additional fused rings is 1. The molecule has 4 nitrogen and oxygen atoms in total. The van der Waals surface area contributed by atoms with Crippen LogP contribution in [0.1, 0.15) is 23.1 Å². The third-order valence-electron chi connectivity index (χ3n) is 5.17. The Morgan fingerprint density at radius 1 is 1.03 bits per heavy atom. The Labute approximate surface area is 175 Å². The Kier molecular flexibility index (Phi) is 5.36. The van der Waals surface area contributed by atoms with E-state index in [-0.39, 0.29) is 11.7 Å². The second kappa shape index (κ2) is 8.10. The first-order valence-corrected chi connectivity index (χ1v) is 9.89. The number of aromatic hydroxyl groups is 1. The lowest BCUT2D eigenvalue weighted by Crippen LogP contribution is -2.35. The number of hydrogen-bond donors (Lipinski definition) is 1. The maximum Gasteiger partial charge on any atom is 0.251 e. The van der Waals surface area contributed by atoms with Crippen LogP contribution in [0.15, 0.2) is 77.8 Å². The van der Waals surface area contributed by atoms with Crippen LogP contribution in [0.5, 0.6) is 5.75 Å². The van der Waals surface area contributed by atoms with Gasteiger partial charge in [-0.25, -0.2) is 0 Å². The number of benzene rings is 3. The van der Waals surface area contributed by atoms with Crippen molar-refractivity contribution in [2.75, 3.05) is 11.9 Å². The molecule has 1 unspecified atom stereocenters. The van der Waals surface area contributed by atoms with E-state index in [9.17, 15) is 9.90 Å². The molecule has 29 heavy (non-hydrogen) atoms. The number of carbonyl (C=O) groups is 1. The zero-order chi connectivity index (χ0) is 20.4. The minimum absolute atomic E-state index is 0.0433. The SMILES string of the molecule is CN1C(=O)C(CCc2ccccc2)N=C(c2ccc(O)cc2)c2cc(Cl)ccc21. The predicted octanol–water partition coefficient (Wildman–Crippen LogP) is 4.86. The summed E-state index contributed by atoms with van der Waals surface area (Å²) in [6, 6.07) is 21.9. The highest BCUT2D eigenvalue weighted by atomic mass is 35.5. The first-order valence-electron chi connectivity index (χ1n) is 9.51. The fourth-order valence-corrected chi connectivity index (χ4v) is 3.77. The summed E-state index contributed by atoms with van der Waals surface area (Å²) in [7, 11) is 1.78. The summed E-state index contributed by atoms with van der Waals surface area (Å²) in [6.07, 6.45) is 1.37. The molecule has 1 atom stereocenters. The zero-order valence-corrected chi connectivity index (χ0v) is 16.8. The van der Waals surface area contributed by atoms with Gasteiger partial charge in [0.2, 0.25) is 0 Å². The molecule has 0 spiro atoms. The number of carbonyl (C=O) groups excluding carboxylic acids is 1. The largest absolute Gasteiger partial charge is 0.508 e. The molecule has 0 saturated carbocycles. The molecule has 1 heterocycles. The summed E-state index contributed by atoms with van der Waals surface area (Å²) in [6.45, 7) is 0. The van der Waals surface area contributed by atoms with Crippen LogP contribution in [0, 0.1) is 0 Å². The number of nitrogens with zero attached hydrogens (tertiary/aromatic N) is 2. The average Bonchev–Trinajstić information content (AvgIpc) is 2.83. The van der Waals surface area contributed by atoms with Gasteiger partial charge in [-0.2, -0.15) is 0 Å². The molecule has 1 N–H and O–H groups in total. The number of hydrogen-bond acceptors (Lipinski definition) is 3. The van der Waals surface area contributed by atoms with E-state index in [1.54, 1.807) is 30.1 Å². The van der Waals surface area contributed by atoms with Crippen molar-refractivity contribution in [3.05, 3.63) is 94.5 Å². The quantitative estimate of drug-likeness (QED) is 0.675. The third kappa shape index (κ3) is 4.03. The van der Waals surface area contributed by atoms with E-state index in [0.717, 1.165) is 23.2 Å². The molecule has 1 aliphatic heterocycles. The number of phenols is 1. The molecule has 0 aliphatic carbocycles. The van der Waals surface area contributed by atoms with Crippen molar-refractivity contribution < 1.29 is 9.90 Å². The first-order chi connectivity index (χ1) is 14.0. The molecular weight excluding hydrogens is 384 g/mol. The molecule has 5 heteroatoms. The lowest BCUT2D eigenvalue weighted by Gasteiger charge is -2.20. The van der Waals surface area contributed by atoms with Crippen LogP contribution in [-0.4, -0.2) is 29.8 Å². The Balaban J connectivity index is 1.78. The van der Waals surface area contributed by atoms with Crippen LogP contribution in [-0.2, 0) is 11.2 Å². The van der Waals surface area contributed by atoms with Crippen LogP contribution >= 0.6 is 11.6 Å². The average molecular weight is 405 g/mol. The van der Waals surface area contributed by atoms with Gasteiger partial charge in [-0.05, 0) is 60.9 Å². The summed E-state index contributed by atoms with van der Waals surface area (Å²) in [5.41, 5.74) is 4.29. The van der Waals surface area contributed by atoms with E-state index in [1.165, 1.54) is 5.56 Å². The van der Waals surface area contributed by atoms with Crippen molar-refractivity contribution in [2.45, 2.75) is 18.9 Å². The lowest BCUT2D eigenvalue weighted by atomic mass is 10.00. The van der Waals surface area contributed by atoms with Gasteiger partial charge < -0.3 is 10.0 Å². The van der Waals surface area contributed by atoms with Crippen molar-refractivity contribution in [1.29, 1.82) is 0 Å². The molecule has 0 saturated heterocycles. The van der Waals surface area contributed by atoms with Crippen LogP contribution < -0.4 is 4.90 Å². The Morgan fingerprint density at radius 3 is 2.48 bits per heavy atom. The van der Waals surface area contributed by atoms with Gasteiger partial charge in [0.25, 0.3) is 5.91 Å². The summed E-state index contributed by atoms with van der Waals surface area (Å²) in [4.78, 5) is 19.7. The number of aryl methyl sites for hydroxylation is 1. The third-order valence-corrected chi connectivity index (χ3v) is 5.40. The van der Waals surface area contributed by atoms with Gasteiger partial charge in [-0.15, -0.1) is 0 Å². The van der Waals surface area contributed by atoms with Crippen LogP contribution in [0.25, 0.3) is 0 Å². The number of amides is 1. The van der Waals surface area contributed by atoms with Crippen molar-refractivity contribution >= 4 is 28.9 Å². The molecule has 3 aromatic rings. The van der Waals surface area contributed by atoms with Gasteiger partial charge in [0, 0.05) is 23.2 Å². The minimum Gasteiger partial charge on any atom is -0.508 e. The lowest BCUT2D eigenvalue weighted by molar-refractivity contribution is -0.119. The van der Waals surface area contributed by atoms with Gasteiger partial charge in [-0.3, -0.25) is 9.79 Å². The standard InChI is InChI=1S/C24H21ClN2O2/c1-27-22-14-10-18(25)15-20(22)23(17-8-11-19(28)12-9-17)26-21(24(27)29)13-7-16-5-3-2-4-6-16/h2-6,8-12,14-15,21,28H,7,13H2,1H3. The fourth-order valence-electron chi connectivity index (χ4n) is 3.60. The second-order valence-electron chi connectivity index (χ2n) is 7.12. The van der Waals surface area contributed by atoms with E-state index in [4.69, 9.17) is 16.6 Å². The first kappa shape index (κ1) is 19.2. The Hall–Kier alpha value is -3.11. The van der Waals surface area contributed by atoms with E-state index < -0.39 is 6.04 Å². The molecule has 0 radical (unpaired) electrons. The predicted molar refractivity (Wildman–Crippen MR) is 117 cm³/mol. The highest BCUT2D eigenvalue weighted by molar-refractivity contribution is 6.32. The van der Waals surface area contributed by atoms with Crippen LogP contribution in [0.4, 0.5) is 5.69 Å². The second-order valence-corrected chi connectivity index (χ2v) is 7.56. The van der Waals surface area contributed by atoms with E-state index in [2.05, 4.69) is 12.1 Å². The number of phenolic OH excluding ortho intramolecular Hbond substituents is 1. The minimum atomic E-state index is -0.504. The van der Waals surface area contributed by atoms with E-state index >= 15 is 0 Å². The highest BCUT2D eigenvalue weighted by Gasteiger charge is 2.30. The molecule has 0 aromatic heterocycles. The molecule has 0 bridgehead atoms. The summed E-state index contributed by atoms with van der Waals surface area (Å²) >= 11 is 6.27. The Bertz CT molecular complexity index is 1060. The van der Waals surface area contributed by atoms with Crippen LogP contribution in [0.2, 0.25) is 5.02 Å². The molecule has 146 valence electrons. The van der Waals surface area contributed by atoms with Gasteiger partial charge in [0.1, 0.15) is 11.8 Å². The van der Waals surface area contributed by atoms with Crippen molar-refractivity contribution in [3.63, 3.8) is 0 Å². The summed E-state index contributed by atoms with van der Waals surface area (Å²) in [5, 5.41) is 10.3. The van der Waals surface area contributed by atoms with E-state index in [1.807, 2.05) is 42.5 Å². The van der Waals surface area contributed by atoms with Crippen molar-refractivity contribution in [1.82, 2.24) is 0 Å². The smallest absolute Gasteiger partial charge is 0.251 e. The Morgan fingerprint density at radius 2 is 1.76 bits per heavy atom. The maximum absolute atomic E-state index is 13.2. The molecule has 1 aliphatic rings. The molecular formula is C24H21ClN2O2. The topological polar surface area (TPSA) is 52.9 Å². The monoisotopic (exact) mass is 404 g/mol. The number of anilines is 1. The fraction of sp³-hybridized carbons (Fsp3) is 0.167. The number of halogens is 1. The highest BCUT2D eigenvalue weighted by Crippen LogP contribution is 2.31. The summed E-state index contributed by atoms with van der Waals surface area (Å²) < 4.78 is 0. The number of fused-ring (bicyclic) bond motifs is 1. The van der Waals surface area contributed by atoms with E-state index in [0.29, 0.717) is 17.2 Å². The molecule has 0 fully saturated rings. The molecule has 4 rings (SSSR count). The maximum atomic E-state index is 13.2. The number of likely N-dealkylation sites (N-methyl/N-ethyl adjacent to an activating group) is 1. The van der Waals surface area contributed by atoms with Crippen molar-refractivity contribution in [3.8, 4) is 5.75 Å². The van der Waals surface area contributed by atoms with Gasteiger partial charge in [0.15, 0.2) is 0 Å². The number of rotatable bonds is 4.